The molecule has 3 rings (SSSR count). The third-order valence-electron chi connectivity index (χ3n) is 5.55. The third kappa shape index (κ3) is 6.58. The van der Waals surface area contributed by atoms with Gasteiger partial charge in [-0.25, -0.2) is 9.98 Å². The van der Waals surface area contributed by atoms with Gasteiger partial charge in [0.15, 0.2) is 5.96 Å². The van der Waals surface area contributed by atoms with E-state index < -0.39 is 0 Å². The summed E-state index contributed by atoms with van der Waals surface area (Å²) in [7, 11) is 0. The van der Waals surface area contributed by atoms with Crippen LogP contribution in [-0.4, -0.2) is 47.4 Å². The van der Waals surface area contributed by atoms with Gasteiger partial charge in [0.25, 0.3) is 0 Å². The summed E-state index contributed by atoms with van der Waals surface area (Å²) in [4.78, 5) is 23.6. The lowest BCUT2D eigenvalue weighted by Crippen LogP contribution is -2.45. The summed E-state index contributed by atoms with van der Waals surface area (Å²) in [6.45, 7) is 11.1. The average molecular weight is 517 g/mol. The first-order chi connectivity index (χ1) is 13.4. The molecule has 1 saturated heterocycles. The van der Waals surface area contributed by atoms with E-state index >= 15 is 0 Å². The Morgan fingerprint density at radius 1 is 1.31 bits per heavy atom. The SMILES string of the molecule is CCNC(=NCc1ncc(C(C)(C)C)o1)NC1CCN(C(=O)C2CCCC2)C1.I. The fraction of sp³-hybridized carbons (Fsp3) is 0.762. The summed E-state index contributed by atoms with van der Waals surface area (Å²) in [6, 6.07) is 0.234. The number of hydrogen-bond donors (Lipinski definition) is 2. The molecule has 2 N–H and O–H groups in total. The monoisotopic (exact) mass is 517 g/mol. The predicted molar refractivity (Wildman–Crippen MR) is 126 cm³/mol. The first-order valence-corrected chi connectivity index (χ1v) is 10.7. The minimum atomic E-state index is -0.0587. The molecule has 8 heteroatoms. The zero-order valence-electron chi connectivity index (χ0n) is 18.2. The molecular formula is C21H36IN5O2. The van der Waals surface area contributed by atoms with Crippen LogP contribution in [0, 0.1) is 5.92 Å². The van der Waals surface area contributed by atoms with Gasteiger partial charge in [0.2, 0.25) is 11.8 Å². The van der Waals surface area contributed by atoms with Crippen LogP contribution in [0.1, 0.15) is 71.5 Å². The number of halogens is 1. The van der Waals surface area contributed by atoms with Crippen LogP contribution in [0.2, 0.25) is 0 Å². The maximum atomic E-state index is 12.6. The number of carbonyl (C=O) groups is 1. The topological polar surface area (TPSA) is 82.8 Å². The zero-order valence-corrected chi connectivity index (χ0v) is 20.5. The van der Waals surface area contributed by atoms with E-state index in [0.717, 1.165) is 50.6 Å². The molecule has 0 radical (unpaired) electrons. The van der Waals surface area contributed by atoms with Crippen LogP contribution in [0.15, 0.2) is 15.6 Å². The van der Waals surface area contributed by atoms with Gasteiger partial charge in [0.1, 0.15) is 12.3 Å². The highest BCUT2D eigenvalue weighted by molar-refractivity contribution is 14.0. The maximum Gasteiger partial charge on any atom is 0.225 e. The Morgan fingerprint density at radius 2 is 2.03 bits per heavy atom. The minimum absolute atomic E-state index is 0. The normalized spacial score (nSPS) is 20.6. The molecule has 1 unspecified atom stereocenters. The van der Waals surface area contributed by atoms with Crippen molar-refractivity contribution in [2.45, 2.75) is 77.8 Å². The summed E-state index contributed by atoms with van der Waals surface area (Å²) in [5, 5.41) is 6.76. The van der Waals surface area contributed by atoms with Gasteiger partial charge in [-0.05, 0) is 26.2 Å². The van der Waals surface area contributed by atoms with Crippen molar-refractivity contribution in [2.24, 2.45) is 10.9 Å². The minimum Gasteiger partial charge on any atom is -0.443 e. The second kappa shape index (κ2) is 10.6. The molecule has 2 fully saturated rings. The fourth-order valence-electron chi connectivity index (χ4n) is 3.90. The Morgan fingerprint density at radius 3 is 2.66 bits per heavy atom. The number of oxazole rings is 1. The second-order valence-corrected chi connectivity index (χ2v) is 8.96. The quantitative estimate of drug-likeness (QED) is 0.355. The van der Waals surface area contributed by atoms with Gasteiger partial charge in [-0.3, -0.25) is 4.79 Å². The maximum absolute atomic E-state index is 12.6. The lowest BCUT2D eigenvalue weighted by atomic mass is 9.94. The molecule has 1 aromatic heterocycles. The summed E-state index contributed by atoms with van der Waals surface area (Å²) in [6.07, 6.45) is 7.25. The molecule has 164 valence electrons. The van der Waals surface area contributed by atoms with Crippen LogP contribution < -0.4 is 10.6 Å². The van der Waals surface area contributed by atoms with Crippen LogP contribution in [0.25, 0.3) is 0 Å². The molecule has 0 bridgehead atoms. The molecule has 2 aliphatic rings. The lowest BCUT2D eigenvalue weighted by molar-refractivity contribution is -0.134. The van der Waals surface area contributed by atoms with Gasteiger partial charge in [0.05, 0.1) is 6.20 Å². The van der Waals surface area contributed by atoms with Gasteiger partial charge in [-0.2, -0.15) is 0 Å². The zero-order chi connectivity index (χ0) is 20.1. The number of aliphatic imine (C=N–C) groups is 1. The molecule has 29 heavy (non-hydrogen) atoms. The van der Waals surface area contributed by atoms with Crippen molar-refractivity contribution < 1.29 is 9.21 Å². The number of likely N-dealkylation sites (tertiary alicyclic amines) is 1. The Balaban J connectivity index is 0.00000300. The van der Waals surface area contributed by atoms with Gasteiger partial charge >= 0.3 is 0 Å². The van der Waals surface area contributed by atoms with Gasteiger partial charge in [-0.1, -0.05) is 33.6 Å². The number of rotatable bonds is 5. The molecule has 0 spiro atoms. The number of amides is 1. The predicted octanol–water partition coefficient (Wildman–Crippen LogP) is 3.44. The van der Waals surface area contributed by atoms with E-state index in [1.54, 1.807) is 6.20 Å². The van der Waals surface area contributed by atoms with E-state index in [1.165, 1.54) is 12.8 Å². The van der Waals surface area contributed by atoms with Gasteiger partial charge < -0.3 is 20.0 Å². The first kappa shape index (κ1) is 24.0. The number of nitrogens with zero attached hydrogens (tertiary/aromatic N) is 3. The molecule has 0 aromatic carbocycles. The number of nitrogens with one attached hydrogen (secondary N) is 2. The highest BCUT2D eigenvalue weighted by atomic mass is 127. The van der Waals surface area contributed by atoms with Crippen molar-refractivity contribution >= 4 is 35.8 Å². The van der Waals surface area contributed by atoms with E-state index in [0.29, 0.717) is 18.3 Å². The van der Waals surface area contributed by atoms with Crippen LogP contribution in [-0.2, 0) is 16.8 Å². The van der Waals surface area contributed by atoms with Crippen LogP contribution in [0.4, 0.5) is 0 Å². The summed E-state index contributed by atoms with van der Waals surface area (Å²) in [5.41, 5.74) is -0.0587. The largest absolute Gasteiger partial charge is 0.443 e. The first-order valence-electron chi connectivity index (χ1n) is 10.7. The van der Waals surface area contributed by atoms with E-state index in [-0.39, 0.29) is 41.4 Å². The molecule has 1 aliphatic heterocycles. The molecule has 2 heterocycles. The van der Waals surface area contributed by atoms with Crippen molar-refractivity contribution in [1.82, 2.24) is 20.5 Å². The summed E-state index contributed by atoms with van der Waals surface area (Å²) >= 11 is 0. The number of guanidine groups is 1. The average Bonchev–Trinajstić information content (AvgIpc) is 3.39. The van der Waals surface area contributed by atoms with Crippen molar-refractivity contribution in [3.05, 3.63) is 17.8 Å². The highest BCUT2D eigenvalue weighted by Gasteiger charge is 2.32. The molecular weight excluding hydrogens is 481 g/mol. The Labute approximate surface area is 191 Å². The van der Waals surface area contributed by atoms with E-state index in [1.807, 2.05) is 11.8 Å². The summed E-state index contributed by atoms with van der Waals surface area (Å²) in [5.74, 6) is 2.83. The van der Waals surface area contributed by atoms with Crippen molar-refractivity contribution in [3.8, 4) is 0 Å². The van der Waals surface area contributed by atoms with Crippen molar-refractivity contribution in [2.75, 3.05) is 19.6 Å². The van der Waals surface area contributed by atoms with Crippen molar-refractivity contribution in [1.29, 1.82) is 0 Å². The van der Waals surface area contributed by atoms with Gasteiger partial charge in [-0.15, -0.1) is 24.0 Å². The molecule has 1 aliphatic carbocycles. The summed E-state index contributed by atoms with van der Waals surface area (Å²) < 4.78 is 5.83. The van der Waals surface area contributed by atoms with Gasteiger partial charge in [0, 0.05) is 37.0 Å². The van der Waals surface area contributed by atoms with E-state index in [2.05, 4.69) is 41.4 Å². The van der Waals surface area contributed by atoms with Crippen LogP contribution >= 0.6 is 24.0 Å². The number of carbonyl (C=O) groups excluding carboxylic acids is 1. The Hall–Kier alpha value is -1.32. The molecule has 1 saturated carbocycles. The molecule has 7 nitrogen and oxygen atoms in total. The standard InChI is InChI=1S/C21H35N5O2.HI/c1-5-22-20(24-13-18-23-12-17(28-18)21(2,3)4)25-16-10-11-26(14-16)19(27)15-8-6-7-9-15;/h12,15-16H,5-11,13-14H2,1-4H3,(H2,22,24,25);1H. The van der Waals surface area contributed by atoms with E-state index in [9.17, 15) is 4.79 Å². The number of hydrogen-bond acceptors (Lipinski definition) is 4. The number of aromatic nitrogens is 1. The fourth-order valence-corrected chi connectivity index (χ4v) is 3.90. The molecule has 1 atom stereocenters. The molecule has 1 aromatic rings. The highest BCUT2D eigenvalue weighted by Crippen LogP contribution is 2.28. The third-order valence-corrected chi connectivity index (χ3v) is 5.55. The van der Waals surface area contributed by atoms with Crippen molar-refractivity contribution in [3.63, 3.8) is 0 Å². The van der Waals surface area contributed by atoms with E-state index in [4.69, 9.17) is 4.42 Å². The second-order valence-electron chi connectivity index (χ2n) is 8.96. The van der Waals surface area contributed by atoms with Crippen LogP contribution in [0.5, 0.6) is 0 Å². The Kier molecular flexibility index (Phi) is 8.78. The lowest BCUT2D eigenvalue weighted by Gasteiger charge is -2.21. The smallest absolute Gasteiger partial charge is 0.225 e. The Bertz CT molecular complexity index is 691. The van der Waals surface area contributed by atoms with Crippen LogP contribution in [0.3, 0.4) is 0 Å². The molecule has 1 amide bonds.